The molecule has 8 heteroatoms. The van der Waals surface area contributed by atoms with Gasteiger partial charge in [-0.3, -0.25) is 4.99 Å². The molecule has 1 spiro atoms. The van der Waals surface area contributed by atoms with E-state index in [2.05, 4.69) is 9.97 Å². The number of aromatic nitrogens is 2. The van der Waals surface area contributed by atoms with E-state index >= 15 is 0 Å². The number of hydrogen-bond acceptors (Lipinski definition) is 6. The van der Waals surface area contributed by atoms with Crippen LogP contribution in [0.15, 0.2) is 53.8 Å². The van der Waals surface area contributed by atoms with Gasteiger partial charge in [-0.25, -0.2) is 9.97 Å². The van der Waals surface area contributed by atoms with Crippen LogP contribution < -0.4 is 10.5 Å². The Labute approximate surface area is 171 Å². The van der Waals surface area contributed by atoms with Gasteiger partial charge in [0.15, 0.2) is 5.75 Å². The van der Waals surface area contributed by atoms with Crippen molar-refractivity contribution in [2.45, 2.75) is 18.6 Å². The zero-order chi connectivity index (χ0) is 20.2. The summed E-state index contributed by atoms with van der Waals surface area (Å²) < 4.78 is 26.3. The highest BCUT2D eigenvalue weighted by Gasteiger charge is 2.46. The number of halogens is 2. The van der Waals surface area contributed by atoms with Gasteiger partial charge in [0.2, 0.25) is 5.95 Å². The quantitative estimate of drug-likeness (QED) is 0.612. The van der Waals surface area contributed by atoms with Gasteiger partial charge in [-0.2, -0.15) is 4.39 Å². The molecule has 146 valence electrons. The highest BCUT2D eigenvalue weighted by atomic mass is 35.5. The molecule has 0 saturated carbocycles. The maximum absolute atomic E-state index is 14.3. The minimum Gasteiger partial charge on any atom is -0.455 e. The molecule has 0 fully saturated rings. The van der Waals surface area contributed by atoms with Crippen molar-refractivity contribution in [1.82, 2.24) is 9.97 Å². The Morgan fingerprint density at radius 2 is 2.00 bits per heavy atom. The summed E-state index contributed by atoms with van der Waals surface area (Å²) in [6.45, 7) is 2.07. The number of nitrogens with two attached hydrogens (primary N) is 1. The summed E-state index contributed by atoms with van der Waals surface area (Å²) in [6.07, 6.45) is 2.65. The molecule has 0 bridgehead atoms. The molecule has 2 aliphatic heterocycles. The zero-order valence-corrected chi connectivity index (χ0v) is 16.2. The minimum absolute atomic E-state index is 0.234. The average Bonchev–Trinajstić information content (AvgIpc) is 2.72. The van der Waals surface area contributed by atoms with Gasteiger partial charge in [-0.1, -0.05) is 17.7 Å². The van der Waals surface area contributed by atoms with Gasteiger partial charge in [0, 0.05) is 22.9 Å². The Balaban J connectivity index is 1.78. The van der Waals surface area contributed by atoms with Crippen LogP contribution in [0.2, 0.25) is 5.15 Å². The minimum atomic E-state index is -0.971. The topological polar surface area (TPSA) is 82.6 Å². The van der Waals surface area contributed by atoms with Crippen LogP contribution in [0.4, 0.5) is 4.39 Å². The van der Waals surface area contributed by atoms with Crippen molar-refractivity contribution in [2.75, 3.05) is 6.61 Å². The van der Waals surface area contributed by atoms with E-state index < -0.39 is 11.5 Å². The van der Waals surface area contributed by atoms with Gasteiger partial charge < -0.3 is 15.2 Å². The smallest absolute Gasteiger partial charge is 0.220 e. The lowest BCUT2D eigenvalue weighted by molar-refractivity contribution is 0.0586. The fourth-order valence-corrected chi connectivity index (χ4v) is 3.90. The zero-order valence-electron chi connectivity index (χ0n) is 15.4. The summed E-state index contributed by atoms with van der Waals surface area (Å²) in [5.41, 5.74) is 7.64. The van der Waals surface area contributed by atoms with Crippen LogP contribution in [0.25, 0.3) is 11.1 Å². The number of nitrogens with zero attached hydrogens (tertiary/aromatic N) is 3. The Morgan fingerprint density at radius 1 is 1.17 bits per heavy atom. The van der Waals surface area contributed by atoms with E-state index in [9.17, 15) is 4.39 Å². The molecule has 0 aliphatic carbocycles. The molecule has 29 heavy (non-hydrogen) atoms. The number of amidine groups is 1. The molecule has 2 aromatic heterocycles. The molecular weight excluding hydrogens is 395 g/mol. The predicted octanol–water partition coefficient (Wildman–Crippen LogP) is 4.06. The number of benzene rings is 1. The second-order valence-corrected chi connectivity index (χ2v) is 7.40. The van der Waals surface area contributed by atoms with E-state index in [4.69, 9.17) is 31.8 Å². The number of aliphatic imine (C=N–C) groups is 1. The Bertz CT molecular complexity index is 1170. The highest BCUT2D eigenvalue weighted by molar-refractivity contribution is 6.29. The number of fused-ring (bicyclic) bond motifs is 4. The van der Waals surface area contributed by atoms with Crippen molar-refractivity contribution in [2.24, 2.45) is 10.7 Å². The van der Waals surface area contributed by atoms with Crippen LogP contribution in [-0.4, -0.2) is 28.5 Å². The van der Waals surface area contributed by atoms with Crippen molar-refractivity contribution < 1.29 is 13.9 Å². The van der Waals surface area contributed by atoms with Crippen LogP contribution >= 0.6 is 11.6 Å². The van der Waals surface area contributed by atoms with Crippen molar-refractivity contribution >= 4 is 17.4 Å². The molecule has 2 aliphatic rings. The fraction of sp³-hybridized carbons (Fsp3) is 0.190. The number of pyridine rings is 2. The van der Waals surface area contributed by atoms with Crippen molar-refractivity contribution in [3.05, 3.63) is 71.0 Å². The molecule has 4 heterocycles. The first-order chi connectivity index (χ1) is 14.0. The summed E-state index contributed by atoms with van der Waals surface area (Å²) in [6, 6.07) is 10.5. The molecule has 6 nitrogen and oxygen atoms in total. The molecule has 0 saturated heterocycles. The van der Waals surface area contributed by atoms with Gasteiger partial charge >= 0.3 is 0 Å². The van der Waals surface area contributed by atoms with E-state index in [1.807, 2.05) is 13.0 Å². The largest absolute Gasteiger partial charge is 0.455 e. The first kappa shape index (κ1) is 18.0. The lowest BCUT2D eigenvalue weighted by atomic mass is 9.80. The number of ether oxygens (including phenoxy) is 2. The van der Waals surface area contributed by atoms with Crippen LogP contribution in [0.3, 0.4) is 0 Å². The second kappa shape index (κ2) is 6.50. The first-order valence-electron chi connectivity index (χ1n) is 9.04. The number of hydrogen-bond donors (Lipinski definition) is 1. The molecule has 0 unspecified atom stereocenters. The Hall–Kier alpha value is -3.03. The molecule has 2 atom stereocenters. The van der Waals surface area contributed by atoms with Gasteiger partial charge in [-0.05, 0) is 42.8 Å². The number of rotatable bonds is 1. The molecule has 0 radical (unpaired) electrons. The molecule has 1 aromatic carbocycles. The third-order valence-electron chi connectivity index (χ3n) is 5.27. The summed E-state index contributed by atoms with van der Waals surface area (Å²) in [7, 11) is 0. The van der Waals surface area contributed by atoms with Gasteiger partial charge in [-0.15, -0.1) is 0 Å². The van der Waals surface area contributed by atoms with Crippen LogP contribution in [0.5, 0.6) is 11.5 Å². The SMILES string of the molecule is C[C@@H]1OC[C@]2(N=C1N)c1cc(-c3cccnc3F)ccc1Oc1cnc(Cl)cc12. The normalized spacial score (nSPS) is 22.4. The maximum atomic E-state index is 14.3. The summed E-state index contributed by atoms with van der Waals surface area (Å²) in [5.74, 6) is 0.907. The summed E-state index contributed by atoms with van der Waals surface area (Å²) in [5, 5.41) is 0.303. The molecule has 3 aromatic rings. The van der Waals surface area contributed by atoms with Crippen LogP contribution in [0.1, 0.15) is 18.1 Å². The molecule has 2 N–H and O–H groups in total. The van der Waals surface area contributed by atoms with Gasteiger partial charge in [0.25, 0.3) is 0 Å². The van der Waals surface area contributed by atoms with E-state index in [1.165, 1.54) is 6.20 Å². The average molecular weight is 411 g/mol. The monoisotopic (exact) mass is 410 g/mol. The lowest BCUT2D eigenvalue weighted by Gasteiger charge is -2.40. The van der Waals surface area contributed by atoms with Gasteiger partial charge in [0.05, 0.1) is 12.8 Å². The third-order valence-corrected chi connectivity index (χ3v) is 5.48. The van der Waals surface area contributed by atoms with Gasteiger partial charge in [0.1, 0.15) is 28.4 Å². The van der Waals surface area contributed by atoms with Crippen molar-refractivity contribution in [3.8, 4) is 22.6 Å². The van der Waals surface area contributed by atoms with Crippen LogP contribution in [-0.2, 0) is 10.3 Å². The van der Waals surface area contributed by atoms with Crippen molar-refractivity contribution in [3.63, 3.8) is 0 Å². The fourth-order valence-electron chi connectivity index (χ4n) is 3.75. The van der Waals surface area contributed by atoms with E-state index in [1.54, 1.807) is 36.5 Å². The van der Waals surface area contributed by atoms with E-state index in [0.29, 0.717) is 44.7 Å². The highest BCUT2D eigenvalue weighted by Crippen LogP contribution is 2.51. The standard InChI is InChI=1S/C21H16ClFN4O2/c1-11-20(24)27-21(10-28-11)14-7-12(13-3-2-6-25-19(13)23)4-5-16(14)29-17-9-26-18(22)8-15(17)21/h2-9,11H,10H2,1H3,(H2,24,27)/t11-,21-/m0/s1. The van der Waals surface area contributed by atoms with Crippen LogP contribution in [0, 0.1) is 5.95 Å². The molecule has 0 amide bonds. The molecular formula is C21H16ClFN4O2. The second-order valence-electron chi connectivity index (χ2n) is 7.01. The third kappa shape index (κ3) is 2.77. The van der Waals surface area contributed by atoms with E-state index in [-0.39, 0.29) is 12.7 Å². The Kier molecular flexibility index (Phi) is 4.04. The summed E-state index contributed by atoms with van der Waals surface area (Å²) in [4.78, 5) is 12.7. The summed E-state index contributed by atoms with van der Waals surface area (Å²) >= 11 is 6.17. The first-order valence-corrected chi connectivity index (χ1v) is 9.42. The predicted molar refractivity (Wildman–Crippen MR) is 107 cm³/mol. The molecule has 5 rings (SSSR count). The lowest BCUT2D eigenvalue weighted by Crippen LogP contribution is -2.45. The van der Waals surface area contributed by atoms with E-state index in [0.717, 1.165) is 0 Å². The Morgan fingerprint density at radius 3 is 2.79 bits per heavy atom. The maximum Gasteiger partial charge on any atom is 0.220 e. The van der Waals surface area contributed by atoms with Crippen molar-refractivity contribution in [1.29, 1.82) is 0 Å².